The van der Waals surface area contributed by atoms with Crippen LogP contribution in [0.1, 0.15) is 12.0 Å². The van der Waals surface area contributed by atoms with Crippen molar-refractivity contribution in [3.8, 4) is 0 Å². The highest BCUT2D eigenvalue weighted by Gasteiger charge is 2.36. The van der Waals surface area contributed by atoms with E-state index in [-0.39, 0.29) is 18.0 Å². The molecule has 20 heavy (non-hydrogen) atoms. The molecule has 1 amide bonds. The number of nitrogens with one attached hydrogen (secondary N) is 2. The van der Waals surface area contributed by atoms with Crippen LogP contribution in [0.25, 0.3) is 0 Å². The van der Waals surface area contributed by atoms with Gasteiger partial charge in [0.15, 0.2) is 0 Å². The van der Waals surface area contributed by atoms with Gasteiger partial charge < -0.3 is 15.7 Å². The molecule has 1 fully saturated rings. The van der Waals surface area contributed by atoms with Crippen LogP contribution >= 0.6 is 11.6 Å². The summed E-state index contributed by atoms with van der Waals surface area (Å²) < 4.78 is 38.6. The van der Waals surface area contributed by atoms with E-state index < -0.39 is 35.5 Å². The number of carbonyl (C=O) groups is 1. The number of benzene rings is 1. The first-order chi connectivity index (χ1) is 9.29. The van der Waals surface area contributed by atoms with Crippen molar-refractivity contribution in [1.82, 2.24) is 5.32 Å². The first-order valence-corrected chi connectivity index (χ1v) is 6.25. The van der Waals surface area contributed by atoms with Crippen molar-refractivity contribution < 1.29 is 23.1 Å². The van der Waals surface area contributed by atoms with Crippen LogP contribution in [0.15, 0.2) is 18.2 Å². The second-order valence-corrected chi connectivity index (χ2v) is 4.91. The zero-order chi connectivity index (χ0) is 14.9. The zero-order valence-electron chi connectivity index (χ0n) is 10.2. The molecule has 2 rings (SSSR count). The summed E-state index contributed by atoms with van der Waals surface area (Å²) in [5, 5.41) is 14.0. The average Bonchev–Trinajstić information content (AvgIpc) is 2.77. The van der Waals surface area contributed by atoms with Gasteiger partial charge in [-0.05, 0) is 18.6 Å². The van der Waals surface area contributed by atoms with E-state index in [2.05, 4.69) is 10.6 Å². The molecule has 1 aliphatic rings. The lowest BCUT2D eigenvalue weighted by atomic mass is 10.1. The van der Waals surface area contributed by atoms with Gasteiger partial charge in [-0.25, -0.2) is 0 Å². The predicted octanol–water partition coefficient (Wildman–Crippen LogP) is 2.02. The molecule has 3 N–H and O–H groups in total. The molecule has 1 saturated heterocycles. The summed E-state index contributed by atoms with van der Waals surface area (Å²) >= 11 is 5.73. The second-order valence-electron chi connectivity index (χ2n) is 4.50. The summed E-state index contributed by atoms with van der Waals surface area (Å²) in [7, 11) is 0. The van der Waals surface area contributed by atoms with E-state index in [1.165, 1.54) is 12.1 Å². The zero-order valence-corrected chi connectivity index (χ0v) is 10.9. The molecule has 0 aromatic heterocycles. The molecule has 8 heteroatoms. The standard InChI is InChI=1S/C12H12ClF3N2O2/c13-8-3-1-2-7(12(14,15)16)10(8)18-11(20)9-4-6(19)5-17-9/h1-3,6,9,17,19H,4-5H2,(H,18,20). The lowest BCUT2D eigenvalue weighted by Gasteiger charge is -2.17. The van der Waals surface area contributed by atoms with Crippen molar-refractivity contribution in [2.45, 2.75) is 24.7 Å². The summed E-state index contributed by atoms with van der Waals surface area (Å²) in [5.41, 5.74) is -1.47. The quantitative estimate of drug-likeness (QED) is 0.783. The Morgan fingerprint density at radius 2 is 2.15 bits per heavy atom. The Kier molecular flexibility index (Phi) is 4.22. The van der Waals surface area contributed by atoms with Crippen LogP contribution in [0, 0.1) is 0 Å². The number of carbonyl (C=O) groups excluding carboxylic acids is 1. The molecule has 0 spiro atoms. The van der Waals surface area contributed by atoms with Crippen LogP contribution in [0.4, 0.5) is 18.9 Å². The molecule has 4 nitrogen and oxygen atoms in total. The molecule has 1 aliphatic heterocycles. The van der Waals surface area contributed by atoms with Gasteiger partial charge in [0.05, 0.1) is 28.4 Å². The fourth-order valence-corrected chi connectivity index (χ4v) is 2.24. The third-order valence-electron chi connectivity index (χ3n) is 2.99. The lowest BCUT2D eigenvalue weighted by molar-refractivity contribution is -0.137. The van der Waals surface area contributed by atoms with Gasteiger partial charge in [0.1, 0.15) is 0 Å². The van der Waals surface area contributed by atoms with Crippen LogP contribution in [0.2, 0.25) is 5.02 Å². The van der Waals surface area contributed by atoms with Gasteiger partial charge >= 0.3 is 6.18 Å². The fourth-order valence-electron chi connectivity index (χ4n) is 2.01. The number of aliphatic hydroxyl groups excluding tert-OH is 1. The van der Waals surface area contributed by atoms with Gasteiger partial charge in [0, 0.05) is 6.54 Å². The van der Waals surface area contributed by atoms with Crippen molar-refractivity contribution in [3.63, 3.8) is 0 Å². The third-order valence-corrected chi connectivity index (χ3v) is 3.31. The van der Waals surface area contributed by atoms with E-state index in [0.717, 1.165) is 6.07 Å². The molecule has 1 heterocycles. The number of halogens is 4. The highest BCUT2D eigenvalue weighted by Crippen LogP contribution is 2.38. The van der Waals surface area contributed by atoms with Crippen LogP contribution in [-0.4, -0.2) is 29.7 Å². The van der Waals surface area contributed by atoms with Gasteiger partial charge in [-0.2, -0.15) is 13.2 Å². The molecule has 110 valence electrons. The Morgan fingerprint density at radius 3 is 2.70 bits per heavy atom. The minimum absolute atomic E-state index is 0.150. The molecule has 2 atom stereocenters. The van der Waals surface area contributed by atoms with E-state index in [4.69, 9.17) is 11.6 Å². The van der Waals surface area contributed by atoms with E-state index in [0.29, 0.717) is 0 Å². The molecular formula is C12H12ClF3N2O2. The molecule has 2 unspecified atom stereocenters. The van der Waals surface area contributed by atoms with Gasteiger partial charge in [-0.3, -0.25) is 4.79 Å². The fraction of sp³-hybridized carbons (Fsp3) is 0.417. The summed E-state index contributed by atoms with van der Waals surface area (Å²) in [5.74, 6) is -0.653. The number of amides is 1. The first kappa shape index (κ1) is 15.1. The van der Waals surface area contributed by atoms with Crippen molar-refractivity contribution in [2.75, 3.05) is 11.9 Å². The number of hydrogen-bond donors (Lipinski definition) is 3. The van der Waals surface area contributed by atoms with Crippen LogP contribution < -0.4 is 10.6 Å². The maximum atomic E-state index is 12.9. The topological polar surface area (TPSA) is 61.4 Å². The number of β-amino-alcohol motifs (C(OH)–C–C–N with tert-alkyl or cyclic N) is 1. The maximum Gasteiger partial charge on any atom is 0.418 e. The molecule has 0 saturated carbocycles. The van der Waals surface area contributed by atoms with Crippen molar-refractivity contribution in [1.29, 1.82) is 0 Å². The Bertz CT molecular complexity index is 522. The maximum absolute atomic E-state index is 12.9. The Hall–Kier alpha value is -1.31. The summed E-state index contributed by atoms with van der Waals surface area (Å²) in [4.78, 5) is 11.9. The monoisotopic (exact) mass is 308 g/mol. The number of hydrogen-bond acceptors (Lipinski definition) is 3. The second kappa shape index (κ2) is 5.59. The van der Waals surface area contributed by atoms with Gasteiger partial charge in [0.2, 0.25) is 5.91 Å². The van der Waals surface area contributed by atoms with E-state index in [9.17, 15) is 23.1 Å². The first-order valence-electron chi connectivity index (χ1n) is 5.87. The van der Waals surface area contributed by atoms with Crippen LogP contribution in [0.3, 0.4) is 0 Å². The van der Waals surface area contributed by atoms with Gasteiger partial charge in [0.25, 0.3) is 0 Å². The number of anilines is 1. The SMILES string of the molecule is O=C(Nc1c(Cl)cccc1C(F)(F)F)C1CC(O)CN1. The van der Waals surface area contributed by atoms with Gasteiger partial charge in [-0.1, -0.05) is 17.7 Å². The van der Waals surface area contributed by atoms with Crippen molar-refractivity contribution in [2.24, 2.45) is 0 Å². The molecule has 0 bridgehead atoms. The number of para-hydroxylation sites is 1. The summed E-state index contributed by atoms with van der Waals surface area (Å²) in [6, 6.07) is 2.54. The van der Waals surface area contributed by atoms with Crippen molar-refractivity contribution in [3.05, 3.63) is 28.8 Å². The molecule has 0 aliphatic carbocycles. The highest BCUT2D eigenvalue weighted by molar-refractivity contribution is 6.34. The van der Waals surface area contributed by atoms with Crippen LogP contribution in [0.5, 0.6) is 0 Å². The molecule has 1 aromatic carbocycles. The minimum Gasteiger partial charge on any atom is -0.392 e. The Morgan fingerprint density at radius 1 is 1.45 bits per heavy atom. The number of aliphatic hydroxyl groups is 1. The highest BCUT2D eigenvalue weighted by atomic mass is 35.5. The largest absolute Gasteiger partial charge is 0.418 e. The lowest BCUT2D eigenvalue weighted by Crippen LogP contribution is -2.36. The van der Waals surface area contributed by atoms with E-state index in [1.54, 1.807) is 0 Å². The summed E-state index contributed by atoms with van der Waals surface area (Å²) in [6.45, 7) is 0.229. The average molecular weight is 309 g/mol. The molecule has 1 aromatic rings. The van der Waals surface area contributed by atoms with E-state index in [1.807, 2.05) is 0 Å². The molecule has 0 radical (unpaired) electrons. The van der Waals surface area contributed by atoms with E-state index >= 15 is 0 Å². The Balaban J connectivity index is 2.23. The normalized spacial score (nSPS) is 22.9. The summed E-state index contributed by atoms with van der Waals surface area (Å²) in [6.07, 6.45) is -5.15. The smallest absolute Gasteiger partial charge is 0.392 e. The number of rotatable bonds is 2. The van der Waals surface area contributed by atoms with Crippen LogP contribution in [-0.2, 0) is 11.0 Å². The third kappa shape index (κ3) is 3.23. The minimum atomic E-state index is -4.61. The van der Waals surface area contributed by atoms with Crippen molar-refractivity contribution >= 4 is 23.2 Å². The molecular weight excluding hydrogens is 297 g/mol. The number of alkyl halides is 3. The Labute approximate surface area is 117 Å². The predicted molar refractivity (Wildman–Crippen MR) is 67.5 cm³/mol. The van der Waals surface area contributed by atoms with Gasteiger partial charge in [-0.15, -0.1) is 0 Å².